The molecule has 0 spiro atoms. The molecular weight excluding hydrogens is 212 g/mol. The van der Waals surface area contributed by atoms with E-state index in [4.69, 9.17) is 0 Å². The zero-order valence-electron chi connectivity index (χ0n) is 10.1. The van der Waals surface area contributed by atoms with Crippen molar-refractivity contribution in [3.05, 3.63) is 30.3 Å². The van der Waals surface area contributed by atoms with Crippen molar-refractivity contribution >= 4 is 11.6 Å². The molecule has 0 unspecified atom stereocenters. The number of carbonyl (C=O) groups is 1. The molecule has 0 aliphatic heterocycles. The molecule has 3 nitrogen and oxygen atoms in total. The van der Waals surface area contributed by atoms with Crippen LogP contribution < -0.4 is 10.6 Å². The van der Waals surface area contributed by atoms with Gasteiger partial charge in [0.15, 0.2) is 0 Å². The van der Waals surface area contributed by atoms with Gasteiger partial charge in [-0.15, -0.1) is 0 Å². The maximum absolute atomic E-state index is 11.5. The van der Waals surface area contributed by atoms with Crippen molar-refractivity contribution in [3.63, 3.8) is 0 Å². The van der Waals surface area contributed by atoms with Crippen molar-refractivity contribution in [2.24, 2.45) is 5.92 Å². The number of hydrogen-bond donors (Lipinski definition) is 2. The van der Waals surface area contributed by atoms with E-state index in [1.807, 2.05) is 30.3 Å². The monoisotopic (exact) mass is 232 g/mol. The molecule has 17 heavy (non-hydrogen) atoms. The van der Waals surface area contributed by atoms with Gasteiger partial charge in [0.05, 0.1) is 6.54 Å². The highest BCUT2D eigenvalue weighted by molar-refractivity contribution is 5.80. The third-order valence-electron chi connectivity index (χ3n) is 3.04. The summed E-state index contributed by atoms with van der Waals surface area (Å²) in [6, 6.07) is 9.79. The van der Waals surface area contributed by atoms with Crippen molar-refractivity contribution in [1.29, 1.82) is 0 Å². The molecule has 0 saturated heterocycles. The molecule has 1 aliphatic rings. The Morgan fingerprint density at radius 2 is 2.00 bits per heavy atom. The SMILES string of the molecule is O=C(CNc1ccccc1)NCCCC1CC1. The zero-order valence-corrected chi connectivity index (χ0v) is 10.1. The highest BCUT2D eigenvalue weighted by Gasteiger charge is 2.19. The molecule has 0 atom stereocenters. The van der Waals surface area contributed by atoms with E-state index in [9.17, 15) is 4.79 Å². The van der Waals surface area contributed by atoms with Gasteiger partial charge in [0.2, 0.25) is 5.91 Å². The number of hydrogen-bond acceptors (Lipinski definition) is 2. The van der Waals surface area contributed by atoms with E-state index >= 15 is 0 Å². The summed E-state index contributed by atoms with van der Waals surface area (Å²) in [6.45, 7) is 1.17. The summed E-state index contributed by atoms with van der Waals surface area (Å²) in [5.74, 6) is 1.03. The molecule has 2 rings (SSSR count). The molecule has 0 bridgehead atoms. The van der Waals surface area contributed by atoms with E-state index in [0.717, 1.165) is 24.6 Å². The summed E-state index contributed by atoms with van der Waals surface area (Å²) in [5, 5.41) is 6.03. The van der Waals surface area contributed by atoms with Crippen LogP contribution in [0.1, 0.15) is 25.7 Å². The van der Waals surface area contributed by atoms with Crippen LogP contribution in [0.15, 0.2) is 30.3 Å². The predicted molar refractivity (Wildman–Crippen MR) is 69.9 cm³/mol. The Morgan fingerprint density at radius 3 is 2.71 bits per heavy atom. The molecule has 0 radical (unpaired) electrons. The smallest absolute Gasteiger partial charge is 0.239 e. The third-order valence-corrected chi connectivity index (χ3v) is 3.04. The van der Waals surface area contributed by atoms with E-state index in [1.165, 1.54) is 19.3 Å². The van der Waals surface area contributed by atoms with Crippen molar-refractivity contribution in [2.45, 2.75) is 25.7 Å². The predicted octanol–water partition coefficient (Wildman–Crippen LogP) is 2.40. The second kappa shape index (κ2) is 6.28. The summed E-state index contributed by atoms with van der Waals surface area (Å²) in [5.41, 5.74) is 0.987. The first-order valence-corrected chi connectivity index (χ1v) is 6.40. The van der Waals surface area contributed by atoms with E-state index < -0.39 is 0 Å². The summed E-state index contributed by atoms with van der Waals surface area (Å²) in [4.78, 5) is 11.5. The second-order valence-electron chi connectivity index (χ2n) is 4.66. The fourth-order valence-electron chi connectivity index (χ4n) is 1.83. The molecule has 3 heteroatoms. The second-order valence-corrected chi connectivity index (χ2v) is 4.66. The van der Waals surface area contributed by atoms with Crippen LogP contribution in [-0.4, -0.2) is 19.0 Å². The van der Waals surface area contributed by atoms with Crippen LogP contribution in [0.4, 0.5) is 5.69 Å². The van der Waals surface area contributed by atoms with Gasteiger partial charge in [0, 0.05) is 12.2 Å². The van der Waals surface area contributed by atoms with E-state index in [2.05, 4.69) is 10.6 Å². The van der Waals surface area contributed by atoms with Crippen LogP contribution in [0.25, 0.3) is 0 Å². The van der Waals surface area contributed by atoms with E-state index in [1.54, 1.807) is 0 Å². The van der Waals surface area contributed by atoms with E-state index in [0.29, 0.717) is 6.54 Å². The third kappa shape index (κ3) is 4.89. The molecule has 1 amide bonds. The summed E-state index contributed by atoms with van der Waals surface area (Å²) < 4.78 is 0. The zero-order chi connectivity index (χ0) is 11.9. The minimum atomic E-state index is 0.0737. The van der Waals surface area contributed by atoms with Crippen molar-refractivity contribution in [3.8, 4) is 0 Å². The van der Waals surface area contributed by atoms with Crippen LogP contribution in [0.3, 0.4) is 0 Å². The summed E-state index contributed by atoms with van der Waals surface area (Å²) in [6.07, 6.45) is 5.17. The molecule has 1 aromatic rings. The number of para-hydroxylation sites is 1. The quantitative estimate of drug-likeness (QED) is 0.709. The lowest BCUT2D eigenvalue weighted by molar-refractivity contribution is -0.119. The van der Waals surface area contributed by atoms with Gasteiger partial charge >= 0.3 is 0 Å². The molecular formula is C14H20N2O. The van der Waals surface area contributed by atoms with Crippen LogP contribution in [0.5, 0.6) is 0 Å². The fraction of sp³-hybridized carbons (Fsp3) is 0.500. The Bertz CT molecular complexity index is 346. The molecule has 0 aromatic heterocycles. The largest absolute Gasteiger partial charge is 0.376 e. The number of rotatable bonds is 7. The van der Waals surface area contributed by atoms with Crippen LogP contribution >= 0.6 is 0 Å². The minimum Gasteiger partial charge on any atom is -0.376 e. The Labute approximate surface area is 103 Å². The van der Waals surface area contributed by atoms with Crippen molar-refractivity contribution in [2.75, 3.05) is 18.4 Å². The Kier molecular flexibility index (Phi) is 4.42. The normalized spacial score (nSPS) is 14.4. The lowest BCUT2D eigenvalue weighted by Gasteiger charge is -2.07. The average Bonchev–Trinajstić information content (AvgIpc) is 3.17. The number of benzene rings is 1. The maximum atomic E-state index is 11.5. The first-order valence-electron chi connectivity index (χ1n) is 6.40. The van der Waals surface area contributed by atoms with Gasteiger partial charge in [0.1, 0.15) is 0 Å². The Morgan fingerprint density at radius 1 is 1.24 bits per heavy atom. The number of amides is 1. The van der Waals surface area contributed by atoms with Gasteiger partial charge in [-0.1, -0.05) is 31.0 Å². The van der Waals surface area contributed by atoms with Crippen LogP contribution in [0.2, 0.25) is 0 Å². The first kappa shape index (κ1) is 12.0. The Hall–Kier alpha value is -1.51. The first-order chi connectivity index (χ1) is 8.34. The van der Waals surface area contributed by atoms with Crippen LogP contribution in [-0.2, 0) is 4.79 Å². The number of nitrogens with one attached hydrogen (secondary N) is 2. The van der Waals surface area contributed by atoms with E-state index in [-0.39, 0.29) is 5.91 Å². The van der Waals surface area contributed by atoms with Crippen molar-refractivity contribution in [1.82, 2.24) is 5.32 Å². The fourth-order valence-corrected chi connectivity index (χ4v) is 1.83. The van der Waals surface area contributed by atoms with Gasteiger partial charge in [-0.2, -0.15) is 0 Å². The standard InChI is InChI=1S/C14H20N2O/c17-14(15-10-4-5-12-8-9-12)11-16-13-6-2-1-3-7-13/h1-3,6-7,12,16H,4-5,8-11H2,(H,15,17). The highest BCUT2D eigenvalue weighted by Crippen LogP contribution is 2.33. The minimum absolute atomic E-state index is 0.0737. The van der Waals surface area contributed by atoms with Gasteiger partial charge in [0.25, 0.3) is 0 Å². The molecule has 1 fully saturated rings. The molecule has 1 aliphatic carbocycles. The summed E-state index contributed by atoms with van der Waals surface area (Å²) in [7, 11) is 0. The van der Waals surface area contributed by atoms with Crippen LogP contribution in [0, 0.1) is 5.92 Å². The lowest BCUT2D eigenvalue weighted by atomic mass is 10.2. The lowest BCUT2D eigenvalue weighted by Crippen LogP contribution is -2.30. The highest BCUT2D eigenvalue weighted by atomic mass is 16.1. The summed E-state index contributed by atoms with van der Waals surface area (Å²) >= 11 is 0. The average molecular weight is 232 g/mol. The number of anilines is 1. The van der Waals surface area contributed by atoms with Gasteiger partial charge in [-0.25, -0.2) is 0 Å². The molecule has 2 N–H and O–H groups in total. The van der Waals surface area contributed by atoms with Crippen molar-refractivity contribution < 1.29 is 4.79 Å². The van der Waals surface area contributed by atoms with Gasteiger partial charge < -0.3 is 10.6 Å². The Balaban J connectivity index is 1.54. The van der Waals surface area contributed by atoms with Gasteiger partial charge in [-0.05, 0) is 30.9 Å². The molecule has 0 heterocycles. The maximum Gasteiger partial charge on any atom is 0.239 e. The molecule has 1 saturated carbocycles. The number of carbonyl (C=O) groups excluding carboxylic acids is 1. The topological polar surface area (TPSA) is 41.1 Å². The molecule has 92 valence electrons. The van der Waals surface area contributed by atoms with Gasteiger partial charge in [-0.3, -0.25) is 4.79 Å². The molecule has 1 aromatic carbocycles.